The van der Waals surface area contributed by atoms with Gasteiger partial charge >= 0.3 is 0 Å². The van der Waals surface area contributed by atoms with Gasteiger partial charge < -0.3 is 9.47 Å². The lowest BCUT2D eigenvalue weighted by molar-refractivity contribution is -0.135. The van der Waals surface area contributed by atoms with Crippen molar-refractivity contribution in [2.45, 2.75) is 26.4 Å². The van der Waals surface area contributed by atoms with Crippen LogP contribution in [0.2, 0.25) is 0 Å². The van der Waals surface area contributed by atoms with Crippen molar-refractivity contribution in [3.8, 4) is 11.5 Å². The number of ketones is 1. The van der Waals surface area contributed by atoms with E-state index in [4.69, 9.17) is 9.47 Å². The summed E-state index contributed by atoms with van der Waals surface area (Å²) in [5.41, 5.74) is 0.687. The predicted octanol–water partition coefficient (Wildman–Crippen LogP) is 3.11. The van der Waals surface area contributed by atoms with Crippen LogP contribution in [0, 0.1) is 0 Å². The van der Waals surface area contributed by atoms with Gasteiger partial charge in [-0.1, -0.05) is 19.1 Å². The summed E-state index contributed by atoms with van der Waals surface area (Å²) in [4.78, 5) is 39.3. The maximum Gasteiger partial charge on any atom is 0.270 e. The normalized spacial score (nSPS) is 16.4. The monoisotopic (exact) mass is 367 g/mol. The van der Waals surface area contributed by atoms with Gasteiger partial charge in [-0.3, -0.25) is 19.3 Å². The van der Waals surface area contributed by atoms with Crippen molar-refractivity contribution >= 4 is 17.6 Å². The standard InChI is InChI=1S/C21H21NO5/c1-3-18-21(25)22(20(24)16-7-5-6-8-19(16)27-18)13-17(23)14-9-11-15(12-10-14)26-4-2/h5-12,18H,3-4,13H2,1-2H3/t18-/m1/s1. The van der Waals surface area contributed by atoms with Crippen LogP contribution in [0.1, 0.15) is 41.0 Å². The van der Waals surface area contributed by atoms with Gasteiger partial charge in [-0.2, -0.15) is 0 Å². The van der Waals surface area contributed by atoms with Crippen LogP contribution in [0.5, 0.6) is 11.5 Å². The topological polar surface area (TPSA) is 72.9 Å². The number of carbonyl (C=O) groups excluding carboxylic acids is 3. The van der Waals surface area contributed by atoms with E-state index in [9.17, 15) is 14.4 Å². The zero-order chi connectivity index (χ0) is 19.4. The Balaban J connectivity index is 1.86. The zero-order valence-electron chi connectivity index (χ0n) is 15.3. The Hall–Kier alpha value is -3.15. The Morgan fingerprint density at radius 1 is 1.07 bits per heavy atom. The molecule has 1 aliphatic heterocycles. The number of carbonyl (C=O) groups is 3. The molecule has 140 valence electrons. The van der Waals surface area contributed by atoms with Crippen molar-refractivity contribution in [2.24, 2.45) is 0 Å². The van der Waals surface area contributed by atoms with Crippen LogP contribution in [0.4, 0.5) is 0 Å². The number of Topliss-reactive ketones (excluding diaryl/α,β-unsaturated/α-hetero) is 1. The third-order valence-corrected chi connectivity index (χ3v) is 4.33. The number of amides is 2. The second kappa shape index (κ2) is 8.03. The minimum absolute atomic E-state index is 0.279. The number of ether oxygens (including phenoxy) is 2. The molecule has 1 heterocycles. The van der Waals surface area contributed by atoms with E-state index in [0.717, 1.165) is 4.90 Å². The Labute approximate surface area is 157 Å². The first-order valence-electron chi connectivity index (χ1n) is 8.92. The fraction of sp³-hybridized carbons (Fsp3) is 0.286. The first-order chi connectivity index (χ1) is 13.0. The van der Waals surface area contributed by atoms with Crippen molar-refractivity contribution in [3.05, 3.63) is 59.7 Å². The second-order valence-electron chi connectivity index (χ2n) is 6.12. The van der Waals surface area contributed by atoms with E-state index < -0.39 is 17.9 Å². The van der Waals surface area contributed by atoms with Crippen LogP contribution >= 0.6 is 0 Å². The second-order valence-corrected chi connectivity index (χ2v) is 6.12. The number of hydrogen-bond acceptors (Lipinski definition) is 5. The summed E-state index contributed by atoms with van der Waals surface area (Å²) >= 11 is 0. The molecule has 0 N–H and O–H groups in total. The lowest BCUT2D eigenvalue weighted by atomic mass is 10.1. The molecule has 0 aliphatic carbocycles. The van der Waals surface area contributed by atoms with Gasteiger partial charge in [0.05, 0.1) is 18.7 Å². The van der Waals surface area contributed by atoms with Gasteiger partial charge in [0, 0.05) is 5.56 Å². The molecule has 0 saturated heterocycles. The molecule has 2 amide bonds. The molecular formula is C21H21NO5. The fourth-order valence-corrected chi connectivity index (χ4v) is 2.92. The zero-order valence-corrected chi connectivity index (χ0v) is 15.3. The number of nitrogens with zero attached hydrogens (tertiary/aromatic N) is 1. The number of hydrogen-bond donors (Lipinski definition) is 0. The van der Waals surface area contributed by atoms with Gasteiger partial charge in [0.25, 0.3) is 11.8 Å². The van der Waals surface area contributed by atoms with Crippen LogP contribution in [0.3, 0.4) is 0 Å². The van der Waals surface area contributed by atoms with E-state index in [0.29, 0.717) is 30.1 Å². The highest BCUT2D eigenvalue weighted by atomic mass is 16.5. The Kier molecular flexibility index (Phi) is 5.54. The third kappa shape index (κ3) is 3.84. The molecule has 1 atom stereocenters. The SMILES string of the molecule is CCOc1ccc(C(=O)CN2C(=O)c3ccccc3O[C@H](CC)C2=O)cc1. The summed E-state index contributed by atoms with van der Waals surface area (Å²) in [6, 6.07) is 13.3. The number of benzene rings is 2. The summed E-state index contributed by atoms with van der Waals surface area (Å²) in [6.07, 6.45) is -0.403. The van der Waals surface area contributed by atoms with E-state index in [1.54, 1.807) is 55.5 Å². The molecule has 2 aromatic carbocycles. The van der Waals surface area contributed by atoms with E-state index in [2.05, 4.69) is 0 Å². The summed E-state index contributed by atoms with van der Waals surface area (Å²) < 4.78 is 11.1. The summed E-state index contributed by atoms with van der Waals surface area (Å²) in [5.74, 6) is -0.333. The molecule has 2 aromatic rings. The summed E-state index contributed by atoms with van der Waals surface area (Å²) in [5, 5.41) is 0. The molecule has 1 aliphatic rings. The van der Waals surface area contributed by atoms with Crippen LogP contribution in [-0.2, 0) is 4.79 Å². The molecule has 6 nitrogen and oxygen atoms in total. The van der Waals surface area contributed by atoms with Crippen molar-refractivity contribution < 1.29 is 23.9 Å². The van der Waals surface area contributed by atoms with Gasteiger partial charge in [-0.05, 0) is 49.7 Å². The minimum atomic E-state index is -0.800. The van der Waals surface area contributed by atoms with Crippen molar-refractivity contribution in [2.75, 3.05) is 13.2 Å². The molecule has 27 heavy (non-hydrogen) atoms. The molecule has 0 spiro atoms. The maximum absolute atomic E-state index is 12.9. The van der Waals surface area contributed by atoms with Gasteiger partial charge in [0.1, 0.15) is 11.5 Å². The van der Waals surface area contributed by atoms with Crippen molar-refractivity contribution in [1.82, 2.24) is 4.90 Å². The molecule has 3 rings (SSSR count). The maximum atomic E-state index is 12.9. The first kappa shape index (κ1) is 18.6. The largest absolute Gasteiger partial charge is 0.494 e. The minimum Gasteiger partial charge on any atom is -0.494 e. The molecule has 0 saturated carbocycles. The van der Waals surface area contributed by atoms with Crippen LogP contribution in [-0.4, -0.2) is 41.8 Å². The summed E-state index contributed by atoms with van der Waals surface area (Å²) in [7, 11) is 0. The number of para-hydroxylation sites is 1. The first-order valence-corrected chi connectivity index (χ1v) is 8.92. The smallest absolute Gasteiger partial charge is 0.270 e. The number of imide groups is 1. The Morgan fingerprint density at radius 3 is 2.44 bits per heavy atom. The fourth-order valence-electron chi connectivity index (χ4n) is 2.92. The highest BCUT2D eigenvalue weighted by molar-refractivity contribution is 6.12. The van der Waals surface area contributed by atoms with Gasteiger partial charge in [-0.15, -0.1) is 0 Å². The quantitative estimate of drug-likeness (QED) is 0.579. The highest BCUT2D eigenvalue weighted by Crippen LogP contribution is 2.26. The molecule has 0 aromatic heterocycles. The average molecular weight is 367 g/mol. The van der Waals surface area contributed by atoms with Crippen LogP contribution < -0.4 is 9.47 Å². The molecule has 0 bridgehead atoms. The highest BCUT2D eigenvalue weighted by Gasteiger charge is 2.36. The van der Waals surface area contributed by atoms with Crippen LogP contribution in [0.25, 0.3) is 0 Å². The molecular weight excluding hydrogens is 346 g/mol. The molecule has 0 unspecified atom stereocenters. The molecule has 0 radical (unpaired) electrons. The summed E-state index contributed by atoms with van der Waals surface area (Å²) in [6.45, 7) is 3.87. The lowest BCUT2D eigenvalue weighted by Crippen LogP contribution is -2.45. The van der Waals surface area contributed by atoms with E-state index >= 15 is 0 Å². The van der Waals surface area contributed by atoms with Crippen LogP contribution in [0.15, 0.2) is 48.5 Å². The van der Waals surface area contributed by atoms with Gasteiger partial charge in [0.2, 0.25) is 0 Å². The Morgan fingerprint density at radius 2 is 1.78 bits per heavy atom. The average Bonchev–Trinajstić information content (AvgIpc) is 2.79. The van der Waals surface area contributed by atoms with Crippen molar-refractivity contribution in [1.29, 1.82) is 0 Å². The van der Waals surface area contributed by atoms with Crippen molar-refractivity contribution in [3.63, 3.8) is 0 Å². The molecule has 0 fully saturated rings. The van der Waals surface area contributed by atoms with Gasteiger partial charge in [-0.25, -0.2) is 0 Å². The Bertz CT molecular complexity index is 859. The molecule has 6 heteroatoms. The number of rotatable bonds is 6. The van der Waals surface area contributed by atoms with E-state index in [1.165, 1.54) is 0 Å². The van der Waals surface area contributed by atoms with E-state index in [-0.39, 0.29) is 17.9 Å². The predicted molar refractivity (Wildman–Crippen MR) is 99.1 cm³/mol. The lowest BCUT2D eigenvalue weighted by Gasteiger charge is -2.21. The number of fused-ring (bicyclic) bond motifs is 1. The third-order valence-electron chi connectivity index (χ3n) is 4.33. The van der Waals surface area contributed by atoms with E-state index in [1.807, 2.05) is 6.92 Å². The van der Waals surface area contributed by atoms with Gasteiger partial charge in [0.15, 0.2) is 11.9 Å².